The Morgan fingerprint density at radius 3 is 2.43 bits per heavy atom. The van der Waals surface area contributed by atoms with Crippen LogP contribution in [0, 0.1) is 6.92 Å². The zero-order valence-corrected chi connectivity index (χ0v) is 19.8. The van der Waals surface area contributed by atoms with Gasteiger partial charge in [-0.25, -0.2) is 0 Å². The minimum atomic E-state index is 0. The summed E-state index contributed by atoms with van der Waals surface area (Å²) in [6, 6.07) is 15.3. The van der Waals surface area contributed by atoms with Gasteiger partial charge in [-0.2, -0.15) is 0 Å². The Labute approximate surface area is 187 Å². The maximum Gasteiger partial charge on any atom is 0.190 e. The monoisotopic (exact) mass is 495 g/mol. The van der Waals surface area contributed by atoms with E-state index < -0.39 is 0 Å². The molecule has 2 N–H and O–H groups in total. The average Bonchev–Trinajstić information content (AvgIpc) is 2.68. The fourth-order valence-electron chi connectivity index (χ4n) is 2.84. The van der Waals surface area contributed by atoms with Gasteiger partial charge >= 0.3 is 0 Å². The largest absolute Gasteiger partial charge is 0.356 e. The summed E-state index contributed by atoms with van der Waals surface area (Å²) in [6.07, 6.45) is 3.94. The number of hydrogen-bond acceptors (Lipinski definition) is 3. The number of rotatable bonds is 9. The molecule has 0 aliphatic carbocycles. The first-order valence-electron chi connectivity index (χ1n) is 9.68. The highest BCUT2D eigenvalue weighted by molar-refractivity contribution is 14.0. The Balaban J connectivity index is 0.00000392. The molecule has 1 aromatic carbocycles. The molecule has 1 heterocycles. The zero-order chi connectivity index (χ0) is 19.5. The second-order valence-corrected chi connectivity index (χ2v) is 7.02. The normalized spacial score (nSPS) is 12.4. The van der Waals surface area contributed by atoms with Gasteiger partial charge in [0.2, 0.25) is 0 Å². The molecule has 1 atom stereocenters. The maximum absolute atomic E-state index is 4.33. The summed E-state index contributed by atoms with van der Waals surface area (Å²) in [5.41, 5.74) is 3.64. The predicted molar refractivity (Wildman–Crippen MR) is 129 cm³/mol. The molecule has 0 bridgehead atoms. The van der Waals surface area contributed by atoms with Gasteiger partial charge in [-0.05, 0) is 50.9 Å². The summed E-state index contributed by atoms with van der Waals surface area (Å²) < 4.78 is 0. The molecule has 0 saturated heterocycles. The fraction of sp³-hybridized carbons (Fsp3) is 0.455. The van der Waals surface area contributed by atoms with Gasteiger partial charge in [-0.1, -0.05) is 36.4 Å². The average molecular weight is 495 g/mol. The molecule has 6 heteroatoms. The van der Waals surface area contributed by atoms with Crippen molar-refractivity contribution in [1.29, 1.82) is 0 Å². The van der Waals surface area contributed by atoms with Gasteiger partial charge in [0.15, 0.2) is 5.96 Å². The van der Waals surface area contributed by atoms with Crippen LogP contribution in [-0.4, -0.2) is 49.1 Å². The molecule has 0 saturated carbocycles. The number of aliphatic imine (C=N–C) groups is 1. The number of nitrogens with one attached hydrogen (secondary N) is 2. The van der Waals surface area contributed by atoms with Crippen molar-refractivity contribution in [2.75, 3.05) is 27.2 Å². The molecular weight excluding hydrogens is 461 g/mol. The van der Waals surface area contributed by atoms with E-state index in [2.05, 4.69) is 81.9 Å². The van der Waals surface area contributed by atoms with Gasteiger partial charge in [-0.3, -0.25) is 14.9 Å². The van der Waals surface area contributed by atoms with Crippen LogP contribution in [0.25, 0.3) is 0 Å². The molecule has 154 valence electrons. The van der Waals surface area contributed by atoms with E-state index in [-0.39, 0.29) is 24.0 Å². The van der Waals surface area contributed by atoms with Crippen LogP contribution in [0.5, 0.6) is 0 Å². The Morgan fingerprint density at radius 1 is 1.07 bits per heavy atom. The molecule has 0 radical (unpaired) electrons. The molecule has 0 spiro atoms. The molecule has 0 amide bonds. The minimum Gasteiger partial charge on any atom is -0.356 e. The van der Waals surface area contributed by atoms with E-state index in [0.29, 0.717) is 6.04 Å². The summed E-state index contributed by atoms with van der Waals surface area (Å²) in [7, 11) is 3.99. The van der Waals surface area contributed by atoms with Gasteiger partial charge in [-0.15, -0.1) is 24.0 Å². The van der Waals surface area contributed by atoms with E-state index in [4.69, 9.17) is 0 Å². The zero-order valence-electron chi connectivity index (χ0n) is 17.5. The number of aryl methyl sites for hydroxylation is 1. The number of hydrogen-bond donors (Lipinski definition) is 2. The van der Waals surface area contributed by atoms with E-state index >= 15 is 0 Å². The Kier molecular flexibility index (Phi) is 11.7. The fourth-order valence-corrected chi connectivity index (χ4v) is 2.84. The number of nitrogens with zero attached hydrogens (tertiary/aromatic N) is 3. The van der Waals surface area contributed by atoms with E-state index in [1.165, 1.54) is 11.1 Å². The van der Waals surface area contributed by atoms with Crippen LogP contribution in [0.2, 0.25) is 0 Å². The van der Waals surface area contributed by atoms with Crippen LogP contribution < -0.4 is 10.6 Å². The third-order valence-electron chi connectivity index (χ3n) is 4.78. The van der Waals surface area contributed by atoms with E-state index in [9.17, 15) is 0 Å². The summed E-state index contributed by atoms with van der Waals surface area (Å²) >= 11 is 0. The van der Waals surface area contributed by atoms with Gasteiger partial charge in [0, 0.05) is 44.6 Å². The molecule has 2 aromatic rings. The minimum absolute atomic E-state index is 0. The van der Waals surface area contributed by atoms with Crippen LogP contribution in [0.4, 0.5) is 0 Å². The number of aromatic nitrogens is 1. The van der Waals surface area contributed by atoms with E-state index in [1.54, 1.807) is 0 Å². The summed E-state index contributed by atoms with van der Waals surface area (Å²) in [5.74, 6) is 0.855. The SMILES string of the molecule is CN=C(NCCc1ccc(C)nc1)NCCC(C)N(C)Cc1ccccc1.I. The second kappa shape index (κ2) is 13.5. The topological polar surface area (TPSA) is 52.6 Å². The van der Waals surface area contributed by atoms with Crippen LogP contribution in [0.3, 0.4) is 0 Å². The van der Waals surface area contributed by atoms with Gasteiger partial charge < -0.3 is 10.6 Å². The van der Waals surface area contributed by atoms with Crippen molar-refractivity contribution >= 4 is 29.9 Å². The molecule has 0 fully saturated rings. The predicted octanol–water partition coefficient (Wildman–Crippen LogP) is 3.63. The molecule has 28 heavy (non-hydrogen) atoms. The van der Waals surface area contributed by atoms with Crippen LogP contribution in [0.1, 0.15) is 30.2 Å². The van der Waals surface area contributed by atoms with Gasteiger partial charge in [0.25, 0.3) is 0 Å². The van der Waals surface area contributed by atoms with Crippen molar-refractivity contribution in [3.63, 3.8) is 0 Å². The highest BCUT2D eigenvalue weighted by Gasteiger charge is 2.09. The second-order valence-electron chi connectivity index (χ2n) is 7.02. The third kappa shape index (κ3) is 9.01. The molecule has 2 rings (SSSR count). The quantitative estimate of drug-likeness (QED) is 0.317. The lowest BCUT2D eigenvalue weighted by Crippen LogP contribution is -2.40. The first-order valence-corrected chi connectivity index (χ1v) is 9.68. The van der Waals surface area contributed by atoms with E-state index in [1.807, 2.05) is 20.2 Å². The van der Waals surface area contributed by atoms with Gasteiger partial charge in [0.1, 0.15) is 0 Å². The summed E-state index contributed by atoms with van der Waals surface area (Å²) in [4.78, 5) is 11.0. The van der Waals surface area contributed by atoms with Crippen LogP contribution in [-0.2, 0) is 13.0 Å². The standard InChI is InChI=1S/C22H33N5.HI/c1-18-10-11-20(16-26-18)13-15-25-22(23-3)24-14-12-19(2)27(4)17-21-8-6-5-7-9-21;/h5-11,16,19H,12-15,17H2,1-4H3,(H2,23,24,25);1H. The summed E-state index contributed by atoms with van der Waals surface area (Å²) in [6.45, 7) is 6.98. The van der Waals surface area contributed by atoms with Crippen molar-refractivity contribution < 1.29 is 0 Å². The van der Waals surface area contributed by atoms with E-state index in [0.717, 1.165) is 44.1 Å². The maximum atomic E-state index is 4.33. The molecule has 0 aliphatic heterocycles. The van der Waals surface area contributed by atoms with Crippen molar-refractivity contribution in [1.82, 2.24) is 20.5 Å². The van der Waals surface area contributed by atoms with Crippen LogP contribution >= 0.6 is 24.0 Å². The van der Waals surface area contributed by atoms with Crippen molar-refractivity contribution in [3.05, 3.63) is 65.5 Å². The van der Waals surface area contributed by atoms with Crippen molar-refractivity contribution in [3.8, 4) is 0 Å². The Morgan fingerprint density at radius 2 is 1.79 bits per heavy atom. The van der Waals surface area contributed by atoms with Gasteiger partial charge in [0.05, 0.1) is 0 Å². The van der Waals surface area contributed by atoms with Crippen molar-refractivity contribution in [2.24, 2.45) is 4.99 Å². The number of halogens is 1. The third-order valence-corrected chi connectivity index (χ3v) is 4.78. The Bertz CT molecular complexity index is 688. The highest BCUT2D eigenvalue weighted by Crippen LogP contribution is 2.07. The Hall–Kier alpha value is -1.67. The molecule has 0 aliphatic rings. The highest BCUT2D eigenvalue weighted by atomic mass is 127. The first kappa shape index (κ1) is 24.4. The lowest BCUT2D eigenvalue weighted by molar-refractivity contribution is 0.238. The number of benzene rings is 1. The molecule has 5 nitrogen and oxygen atoms in total. The molecular formula is C22H34IN5. The lowest BCUT2D eigenvalue weighted by atomic mass is 10.1. The smallest absolute Gasteiger partial charge is 0.190 e. The van der Waals surface area contributed by atoms with Crippen molar-refractivity contribution in [2.45, 2.75) is 39.3 Å². The molecule has 1 unspecified atom stereocenters. The molecule has 1 aromatic heterocycles. The number of guanidine groups is 1. The summed E-state index contributed by atoms with van der Waals surface area (Å²) in [5, 5.41) is 6.78. The van der Waals surface area contributed by atoms with Crippen LogP contribution in [0.15, 0.2) is 53.7 Å². The number of pyridine rings is 1. The first-order chi connectivity index (χ1) is 13.1. The lowest BCUT2D eigenvalue weighted by Gasteiger charge is -2.25.